The van der Waals surface area contributed by atoms with Crippen molar-refractivity contribution < 1.29 is 19.1 Å². The average molecular weight is 279 g/mol. The fraction of sp³-hybridized carbons (Fsp3) is 0.467. The van der Waals surface area contributed by atoms with E-state index < -0.39 is 17.5 Å². The molecule has 1 aromatic rings. The van der Waals surface area contributed by atoms with E-state index in [-0.39, 0.29) is 13.0 Å². The SMILES string of the molecule is CC(C)(C)OC(=O)CC(=O)OCCc1ccc(N)cc1. The second-order valence-corrected chi connectivity index (χ2v) is 5.48. The maximum atomic E-state index is 11.4. The summed E-state index contributed by atoms with van der Waals surface area (Å²) >= 11 is 0. The fourth-order valence-corrected chi connectivity index (χ4v) is 1.51. The molecule has 0 heterocycles. The highest BCUT2D eigenvalue weighted by Crippen LogP contribution is 2.09. The molecule has 2 N–H and O–H groups in total. The third-order valence-corrected chi connectivity index (χ3v) is 2.34. The van der Waals surface area contributed by atoms with Gasteiger partial charge in [0.25, 0.3) is 0 Å². The van der Waals surface area contributed by atoms with Gasteiger partial charge in [0.15, 0.2) is 0 Å². The maximum absolute atomic E-state index is 11.4. The molecule has 20 heavy (non-hydrogen) atoms. The predicted molar refractivity (Wildman–Crippen MR) is 76.0 cm³/mol. The Kier molecular flexibility index (Phi) is 5.55. The van der Waals surface area contributed by atoms with Gasteiger partial charge in [-0.2, -0.15) is 0 Å². The van der Waals surface area contributed by atoms with Crippen LogP contribution >= 0.6 is 0 Å². The number of ether oxygens (including phenoxy) is 2. The summed E-state index contributed by atoms with van der Waals surface area (Å²) < 4.78 is 10.0. The number of carbonyl (C=O) groups excluding carboxylic acids is 2. The molecule has 0 aliphatic heterocycles. The van der Waals surface area contributed by atoms with Crippen LogP contribution in [-0.4, -0.2) is 24.1 Å². The summed E-state index contributed by atoms with van der Waals surface area (Å²) in [7, 11) is 0. The summed E-state index contributed by atoms with van der Waals surface area (Å²) in [5, 5.41) is 0. The van der Waals surface area contributed by atoms with Crippen LogP contribution in [-0.2, 0) is 25.5 Å². The van der Waals surface area contributed by atoms with Crippen LogP contribution in [0.15, 0.2) is 24.3 Å². The van der Waals surface area contributed by atoms with Crippen molar-refractivity contribution in [1.82, 2.24) is 0 Å². The third kappa shape index (κ3) is 6.78. The van der Waals surface area contributed by atoms with Crippen molar-refractivity contribution in [1.29, 1.82) is 0 Å². The number of hydrogen-bond donors (Lipinski definition) is 1. The average Bonchev–Trinajstić information content (AvgIpc) is 2.29. The molecular weight excluding hydrogens is 258 g/mol. The first kappa shape index (κ1) is 16.0. The van der Waals surface area contributed by atoms with Crippen molar-refractivity contribution in [3.05, 3.63) is 29.8 Å². The molecular formula is C15H21NO4. The first-order valence-corrected chi connectivity index (χ1v) is 6.48. The Morgan fingerprint density at radius 1 is 1.10 bits per heavy atom. The Morgan fingerprint density at radius 3 is 2.25 bits per heavy atom. The lowest BCUT2D eigenvalue weighted by Crippen LogP contribution is -2.26. The standard InChI is InChI=1S/C15H21NO4/c1-15(2,3)20-14(18)10-13(17)19-9-8-11-4-6-12(16)7-5-11/h4-7H,8-10,16H2,1-3H3. The highest BCUT2D eigenvalue weighted by atomic mass is 16.6. The zero-order chi connectivity index (χ0) is 15.2. The molecule has 0 aliphatic rings. The van der Waals surface area contributed by atoms with Crippen LogP contribution in [0.3, 0.4) is 0 Å². The molecule has 5 nitrogen and oxygen atoms in total. The largest absolute Gasteiger partial charge is 0.465 e. The minimum absolute atomic E-state index is 0.228. The van der Waals surface area contributed by atoms with Gasteiger partial charge in [0.2, 0.25) is 0 Å². The van der Waals surface area contributed by atoms with E-state index in [9.17, 15) is 9.59 Å². The van der Waals surface area contributed by atoms with Gasteiger partial charge in [-0.3, -0.25) is 9.59 Å². The van der Waals surface area contributed by atoms with Gasteiger partial charge >= 0.3 is 11.9 Å². The zero-order valence-electron chi connectivity index (χ0n) is 12.1. The Bertz CT molecular complexity index is 460. The summed E-state index contributed by atoms with van der Waals surface area (Å²) in [6.45, 7) is 5.47. The number of nitrogens with two attached hydrogens (primary N) is 1. The monoisotopic (exact) mass is 279 g/mol. The van der Waals surface area contributed by atoms with Gasteiger partial charge in [0.1, 0.15) is 12.0 Å². The molecule has 0 amide bonds. The second-order valence-electron chi connectivity index (χ2n) is 5.48. The van der Waals surface area contributed by atoms with Crippen LogP contribution in [0.5, 0.6) is 0 Å². The topological polar surface area (TPSA) is 78.6 Å². The second kappa shape index (κ2) is 6.93. The molecule has 0 unspecified atom stereocenters. The summed E-state index contributed by atoms with van der Waals surface area (Å²) in [5.74, 6) is -1.15. The van der Waals surface area contributed by atoms with Gasteiger partial charge in [-0.05, 0) is 38.5 Å². The number of rotatable bonds is 5. The smallest absolute Gasteiger partial charge is 0.317 e. The Hall–Kier alpha value is -2.04. The quantitative estimate of drug-likeness (QED) is 0.507. The van der Waals surface area contributed by atoms with Gasteiger partial charge in [0, 0.05) is 12.1 Å². The molecule has 1 aromatic carbocycles. The molecule has 0 saturated carbocycles. The summed E-state index contributed by atoms with van der Waals surface area (Å²) in [4.78, 5) is 22.8. The molecule has 0 saturated heterocycles. The van der Waals surface area contributed by atoms with Crippen molar-refractivity contribution in [2.45, 2.75) is 39.2 Å². The van der Waals surface area contributed by atoms with Gasteiger partial charge in [0.05, 0.1) is 6.61 Å². The van der Waals surface area contributed by atoms with E-state index in [2.05, 4.69) is 0 Å². The van der Waals surface area contributed by atoms with Crippen LogP contribution < -0.4 is 5.73 Å². The van der Waals surface area contributed by atoms with E-state index in [1.807, 2.05) is 12.1 Å². The number of nitrogen functional groups attached to an aromatic ring is 1. The molecule has 5 heteroatoms. The number of anilines is 1. The highest BCUT2D eigenvalue weighted by Gasteiger charge is 2.19. The van der Waals surface area contributed by atoms with Crippen molar-refractivity contribution in [2.75, 3.05) is 12.3 Å². The Balaban J connectivity index is 2.26. The van der Waals surface area contributed by atoms with E-state index in [0.717, 1.165) is 5.56 Å². The summed E-state index contributed by atoms with van der Waals surface area (Å²) in [6.07, 6.45) is 0.222. The van der Waals surface area contributed by atoms with Gasteiger partial charge < -0.3 is 15.2 Å². The van der Waals surface area contributed by atoms with Gasteiger partial charge in [-0.15, -0.1) is 0 Å². The number of benzene rings is 1. The lowest BCUT2D eigenvalue weighted by atomic mass is 10.1. The third-order valence-electron chi connectivity index (χ3n) is 2.34. The van der Waals surface area contributed by atoms with Crippen molar-refractivity contribution in [2.24, 2.45) is 0 Å². The molecule has 0 bridgehead atoms. The molecule has 0 atom stereocenters. The van der Waals surface area contributed by atoms with Crippen molar-refractivity contribution in [3.63, 3.8) is 0 Å². The Labute approximate surface area is 119 Å². The van der Waals surface area contributed by atoms with Gasteiger partial charge in [-0.25, -0.2) is 0 Å². The predicted octanol–water partition coefficient (Wildman–Crippen LogP) is 2.09. The fourth-order valence-electron chi connectivity index (χ4n) is 1.51. The highest BCUT2D eigenvalue weighted by molar-refractivity contribution is 5.91. The normalized spacial score (nSPS) is 10.9. The first-order chi connectivity index (χ1) is 9.26. The molecule has 0 aliphatic carbocycles. The molecule has 1 rings (SSSR count). The van der Waals surface area contributed by atoms with E-state index >= 15 is 0 Å². The first-order valence-electron chi connectivity index (χ1n) is 6.48. The molecule has 0 aromatic heterocycles. The van der Waals surface area contributed by atoms with Crippen LogP contribution in [0.2, 0.25) is 0 Å². The van der Waals surface area contributed by atoms with Crippen LogP contribution in [0.25, 0.3) is 0 Å². The van der Waals surface area contributed by atoms with Crippen LogP contribution in [0.4, 0.5) is 5.69 Å². The van der Waals surface area contributed by atoms with Crippen LogP contribution in [0, 0.1) is 0 Å². The van der Waals surface area contributed by atoms with Crippen LogP contribution in [0.1, 0.15) is 32.8 Å². The van der Waals surface area contributed by atoms with E-state index in [4.69, 9.17) is 15.2 Å². The van der Waals surface area contributed by atoms with E-state index in [1.54, 1.807) is 32.9 Å². The minimum atomic E-state index is -0.596. The molecule has 110 valence electrons. The molecule has 0 spiro atoms. The number of carbonyl (C=O) groups is 2. The molecule has 0 radical (unpaired) electrons. The summed E-state index contributed by atoms with van der Waals surface area (Å²) in [6, 6.07) is 7.32. The Morgan fingerprint density at radius 2 is 1.70 bits per heavy atom. The van der Waals surface area contributed by atoms with E-state index in [1.165, 1.54) is 0 Å². The lowest BCUT2D eigenvalue weighted by molar-refractivity contribution is -0.161. The zero-order valence-corrected chi connectivity index (χ0v) is 12.1. The van der Waals surface area contributed by atoms with Crippen molar-refractivity contribution >= 4 is 17.6 Å². The number of esters is 2. The molecule has 0 fully saturated rings. The van der Waals surface area contributed by atoms with Crippen molar-refractivity contribution in [3.8, 4) is 0 Å². The maximum Gasteiger partial charge on any atom is 0.317 e. The lowest BCUT2D eigenvalue weighted by Gasteiger charge is -2.19. The van der Waals surface area contributed by atoms with Gasteiger partial charge in [-0.1, -0.05) is 12.1 Å². The number of hydrogen-bond acceptors (Lipinski definition) is 5. The summed E-state index contributed by atoms with van der Waals surface area (Å²) in [5.41, 5.74) is 6.68. The van der Waals surface area contributed by atoms with E-state index in [0.29, 0.717) is 12.1 Å². The minimum Gasteiger partial charge on any atom is -0.465 e.